The van der Waals surface area contributed by atoms with Crippen molar-refractivity contribution in [3.63, 3.8) is 0 Å². The molecule has 3 nitrogen and oxygen atoms in total. The molecule has 1 aromatic carbocycles. The van der Waals surface area contributed by atoms with Crippen molar-refractivity contribution in [2.24, 2.45) is 11.8 Å². The highest BCUT2D eigenvalue weighted by atomic mass is 19.4. The molecule has 2 N–H and O–H groups in total. The normalized spacial score (nSPS) is 23.4. The van der Waals surface area contributed by atoms with Crippen molar-refractivity contribution in [3.05, 3.63) is 29.8 Å². The average molecular weight is 286 g/mol. The van der Waals surface area contributed by atoms with E-state index in [4.69, 9.17) is 0 Å². The number of hydrogen-bond acceptors (Lipinski definition) is 2. The second-order valence-electron chi connectivity index (χ2n) is 5.26. The second-order valence-corrected chi connectivity index (χ2v) is 5.26. The van der Waals surface area contributed by atoms with Gasteiger partial charge in [0, 0.05) is 12.2 Å². The van der Waals surface area contributed by atoms with Crippen molar-refractivity contribution < 1.29 is 18.0 Å². The molecule has 1 amide bonds. The number of anilines is 1. The Kier molecular flexibility index (Phi) is 4.32. The standard InChI is InChI=1S/C14H17F3N2O/c1-9-6-10(8-18-7-9)13(20)19-12-4-2-11(3-5-12)14(15,16)17/h2-5,9-10,18H,6-8H2,1H3,(H,19,20). The molecule has 0 radical (unpaired) electrons. The maximum Gasteiger partial charge on any atom is 0.416 e. The van der Waals surface area contributed by atoms with Crippen LogP contribution in [0.4, 0.5) is 18.9 Å². The van der Waals surface area contributed by atoms with E-state index in [1.165, 1.54) is 12.1 Å². The molecule has 2 unspecified atom stereocenters. The third kappa shape index (κ3) is 3.72. The number of benzene rings is 1. The zero-order valence-electron chi connectivity index (χ0n) is 11.1. The van der Waals surface area contributed by atoms with Crippen LogP contribution in [0.3, 0.4) is 0 Å². The van der Waals surface area contributed by atoms with Gasteiger partial charge in [-0.05, 0) is 43.1 Å². The highest BCUT2D eigenvalue weighted by Crippen LogP contribution is 2.30. The van der Waals surface area contributed by atoms with Crippen molar-refractivity contribution in [2.45, 2.75) is 19.5 Å². The number of piperidine rings is 1. The average Bonchev–Trinajstić information content (AvgIpc) is 2.38. The lowest BCUT2D eigenvalue weighted by molar-refractivity contribution is -0.137. The Morgan fingerprint density at radius 3 is 2.45 bits per heavy atom. The molecule has 20 heavy (non-hydrogen) atoms. The molecule has 1 aliphatic rings. The van der Waals surface area contributed by atoms with E-state index in [2.05, 4.69) is 17.6 Å². The van der Waals surface area contributed by atoms with E-state index < -0.39 is 11.7 Å². The SMILES string of the molecule is CC1CNCC(C(=O)Nc2ccc(C(F)(F)F)cc2)C1. The summed E-state index contributed by atoms with van der Waals surface area (Å²) in [5, 5.41) is 5.84. The van der Waals surface area contributed by atoms with E-state index >= 15 is 0 Å². The number of amides is 1. The van der Waals surface area contributed by atoms with Crippen LogP contribution in [0.15, 0.2) is 24.3 Å². The first kappa shape index (κ1) is 14.8. The molecule has 2 atom stereocenters. The number of alkyl halides is 3. The Bertz CT molecular complexity index is 470. The fourth-order valence-corrected chi connectivity index (χ4v) is 2.34. The molecular weight excluding hydrogens is 269 g/mol. The highest BCUT2D eigenvalue weighted by Gasteiger charge is 2.30. The number of carbonyl (C=O) groups excluding carboxylic acids is 1. The van der Waals surface area contributed by atoms with Crippen LogP contribution in [-0.4, -0.2) is 19.0 Å². The fourth-order valence-electron chi connectivity index (χ4n) is 2.34. The smallest absolute Gasteiger partial charge is 0.326 e. The minimum atomic E-state index is -4.36. The lowest BCUT2D eigenvalue weighted by Gasteiger charge is -2.26. The molecule has 1 heterocycles. The fraction of sp³-hybridized carbons (Fsp3) is 0.500. The molecule has 6 heteroatoms. The van der Waals surface area contributed by atoms with Gasteiger partial charge in [-0.15, -0.1) is 0 Å². The van der Waals surface area contributed by atoms with Crippen LogP contribution in [0.25, 0.3) is 0 Å². The number of hydrogen-bond donors (Lipinski definition) is 2. The van der Waals surface area contributed by atoms with E-state index in [9.17, 15) is 18.0 Å². The molecule has 0 aromatic heterocycles. The molecule has 0 bridgehead atoms. The Labute approximate surface area is 115 Å². The Morgan fingerprint density at radius 2 is 1.90 bits per heavy atom. The quantitative estimate of drug-likeness (QED) is 0.877. The Balaban J connectivity index is 1.97. The number of halogens is 3. The van der Waals surface area contributed by atoms with Crippen LogP contribution in [0.1, 0.15) is 18.9 Å². The molecule has 0 spiro atoms. The van der Waals surface area contributed by atoms with E-state index in [0.29, 0.717) is 18.2 Å². The molecule has 110 valence electrons. The van der Waals surface area contributed by atoms with E-state index in [0.717, 1.165) is 25.1 Å². The van der Waals surface area contributed by atoms with Crippen LogP contribution in [0, 0.1) is 11.8 Å². The van der Waals surface area contributed by atoms with Crippen LogP contribution < -0.4 is 10.6 Å². The summed E-state index contributed by atoms with van der Waals surface area (Å²) in [6.45, 7) is 3.56. The van der Waals surface area contributed by atoms with Gasteiger partial charge < -0.3 is 10.6 Å². The summed E-state index contributed by atoms with van der Waals surface area (Å²) >= 11 is 0. The van der Waals surface area contributed by atoms with Gasteiger partial charge in [0.05, 0.1) is 11.5 Å². The van der Waals surface area contributed by atoms with Gasteiger partial charge in [-0.2, -0.15) is 13.2 Å². The number of carbonyl (C=O) groups is 1. The van der Waals surface area contributed by atoms with E-state index in [1.54, 1.807) is 0 Å². The summed E-state index contributed by atoms with van der Waals surface area (Å²) < 4.78 is 37.3. The summed E-state index contributed by atoms with van der Waals surface area (Å²) in [4.78, 5) is 12.0. The summed E-state index contributed by atoms with van der Waals surface area (Å²) in [6.07, 6.45) is -3.56. The van der Waals surface area contributed by atoms with Crippen LogP contribution >= 0.6 is 0 Å². The van der Waals surface area contributed by atoms with Gasteiger partial charge >= 0.3 is 6.18 Å². The minimum Gasteiger partial charge on any atom is -0.326 e. The lowest BCUT2D eigenvalue weighted by Crippen LogP contribution is -2.40. The van der Waals surface area contributed by atoms with Crippen molar-refractivity contribution in [1.82, 2.24) is 5.32 Å². The van der Waals surface area contributed by atoms with Gasteiger partial charge in [-0.3, -0.25) is 4.79 Å². The van der Waals surface area contributed by atoms with Crippen LogP contribution in [0.5, 0.6) is 0 Å². The maximum absolute atomic E-state index is 12.4. The van der Waals surface area contributed by atoms with Crippen molar-refractivity contribution in [1.29, 1.82) is 0 Å². The first-order valence-corrected chi connectivity index (χ1v) is 6.55. The molecule has 1 saturated heterocycles. The zero-order valence-corrected chi connectivity index (χ0v) is 11.1. The molecular formula is C14H17F3N2O. The highest BCUT2D eigenvalue weighted by molar-refractivity contribution is 5.92. The molecule has 1 fully saturated rings. The first-order valence-electron chi connectivity index (χ1n) is 6.55. The van der Waals surface area contributed by atoms with Crippen LogP contribution in [0.2, 0.25) is 0 Å². The topological polar surface area (TPSA) is 41.1 Å². The molecule has 0 saturated carbocycles. The second kappa shape index (κ2) is 5.83. The largest absolute Gasteiger partial charge is 0.416 e. The summed E-state index contributed by atoms with van der Waals surface area (Å²) in [6, 6.07) is 4.50. The first-order chi connectivity index (χ1) is 9.36. The van der Waals surface area contributed by atoms with Crippen molar-refractivity contribution >= 4 is 11.6 Å². The number of rotatable bonds is 2. The maximum atomic E-state index is 12.4. The van der Waals surface area contributed by atoms with Gasteiger partial charge in [0.15, 0.2) is 0 Å². The third-order valence-corrected chi connectivity index (χ3v) is 3.42. The summed E-state index contributed by atoms with van der Waals surface area (Å²) in [5.74, 6) is 0.136. The van der Waals surface area contributed by atoms with Crippen LogP contribution in [-0.2, 0) is 11.0 Å². The van der Waals surface area contributed by atoms with Crippen molar-refractivity contribution in [2.75, 3.05) is 18.4 Å². The summed E-state index contributed by atoms with van der Waals surface area (Å²) in [5.41, 5.74) is -0.329. The van der Waals surface area contributed by atoms with Gasteiger partial charge in [-0.25, -0.2) is 0 Å². The van der Waals surface area contributed by atoms with E-state index in [-0.39, 0.29) is 11.8 Å². The Hall–Kier alpha value is -1.56. The minimum absolute atomic E-state index is 0.138. The zero-order chi connectivity index (χ0) is 14.8. The number of nitrogens with one attached hydrogen (secondary N) is 2. The molecule has 2 rings (SSSR count). The lowest BCUT2D eigenvalue weighted by atomic mass is 9.91. The molecule has 1 aromatic rings. The van der Waals surface area contributed by atoms with Gasteiger partial charge in [0.2, 0.25) is 5.91 Å². The predicted octanol–water partition coefficient (Wildman–Crippen LogP) is 2.89. The predicted molar refractivity (Wildman–Crippen MR) is 70.2 cm³/mol. The van der Waals surface area contributed by atoms with Crippen molar-refractivity contribution in [3.8, 4) is 0 Å². The van der Waals surface area contributed by atoms with Gasteiger partial charge in [0.25, 0.3) is 0 Å². The summed E-state index contributed by atoms with van der Waals surface area (Å²) in [7, 11) is 0. The van der Waals surface area contributed by atoms with Gasteiger partial charge in [0.1, 0.15) is 0 Å². The van der Waals surface area contributed by atoms with Gasteiger partial charge in [-0.1, -0.05) is 6.92 Å². The molecule has 0 aliphatic carbocycles. The Morgan fingerprint density at radius 1 is 1.25 bits per heavy atom. The third-order valence-electron chi connectivity index (χ3n) is 3.42. The van der Waals surface area contributed by atoms with E-state index in [1.807, 2.05) is 0 Å². The monoisotopic (exact) mass is 286 g/mol. The molecule has 1 aliphatic heterocycles.